The minimum absolute atomic E-state index is 0.295. The Morgan fingerprint density at radius 1 is 0.950 bits per heavy atom. The van der Waals surface area contributed by atoms with E-state index >= 15 is 0 Å². The third-order valence-corrected chi connectivity index (χ3v) is 3.85. The van der Waals surface area contributed by atoms with Crippen LogP contribution < -0.4 is 4.74 Å². The fourth-order valence-electron chi connectivity index (χ4n) is 1.64. The lowest BCUT2D eigenvalue weighted by atomic mass is 10.2. The van der Waals surface area contributed by atoms with Crippen LogP contribution in [0.3, 0.4) is 0 Å². The molecule has 0 radical (unpaired) electrons. The molecule has 0 saturated heterocycles. The van der Waals surface area contributed by atoms with Crippen LogP contribution in [-0.2, 0) is 4.74 Å². The highest BCUT2D eigenvalue weighted by Crippen LogP contribution is 2.34. The molecule has 5 heteroatoms. The summed E-state index contributed by atoms with van der Waals surface area (Å²) in [5.41, 5.74) is 0. The van der Waals surface area contributed by atoms with Crippen LogP contribution in [0.5, 0.6) is 5.75 Å². The Morgan fingerprint density at radius 2 is 1.60 bits per heavy atom. The molecule has 0 N–H and O–H groups in total. The molecule has 0 spiro atoms. The zero-order valence-electron chi connectivity index (χ0n) is 11.9. The zero-order chi connectivity index (χ0) is 15.0. The van der Waals surface area contributed by atoms with Crippen molar-refractivity contribution in [3.05, 3.63) is 27.2 Å². The Balaban J connectivity index is 2.69. The van der Waals surface area contributed by atoms with Crippen LogP contribution in [0.15, 0.2) is 12.1 Å². The molecule has 0 aromatic heterocycles. The van der Waals surface area contributed by atoms with Crippen molar-refractivity contribution in [1.82, 2.24) is 0 Å². The second-order valence-electron chi connectivity index (χ2n) is 4.61. The SMILES string of the molecule is CCCCOC(CCCC)Oc1cc(Cl)c(Cl)cc1Cl. The van der Waals surface area contributed by atoms with Crippen molar-refractivity contribution < 1.29 is 9.47 Å². The monoisotopic (exact) mass is 338 g/mol. The molecule has 0 aliphatic carbocycles. The summed E-state index contributed by atoms with van der Waals surface area (Å²) in [5.74, 6) is 0.513. The number of rotatable bonds is 9. The van der Waals surface area contributed by atoms with Gasteiger partial charge in [0.15, 0.2) is 6.29 Å². The van der Waals surface area contributed by atoms with Crippen molar-refractivity contribution in [3.8, 4) is 5.75 Å². The van der Waals surface area contributed by atoms with Gasteiger partial charge in [0.1, 0.15) is 5.75 Å². The highest BCUT2D eigenvalue weighted by molar-refractivity contribution is 6.43. The van der Waals surface area contributed by atoms with E-state index in [4.69, 9.17) is 44.3 Å². The van der Waals surface area contributed by atoms with Gasteiger partial charge < -0.3 is 9.47 Å². The summed E-state index contributed by atoms with van der Waals surface area (Å²) < 4.78 is 11.6. The average molecular weight is 340 g/mol. The first-order chi connectivity index (χ1) is 9.58. The molecule has 1 aromatic rings. The molecule has 20 heavy (non-hydrogen) atoms. The fraction of sp³-hybridized carbons (Fsp3) is 0.600. The molecule has 1 unspecified atom stereocenters. The average Bonchev–Trinajstić information content (AvgIpc) is 2.42. The van der Waals surface area contributed by atoms with Crippen LogP contribution in [0.1, 0.15) is 46.0 Å². The van der Waals surface area contributed by atoms with E-state index in [9.17, 15) is 0 Å². The smallest absolute Gasteiger partial charge is 0.199 e. The lowest BCUT2D eigenvalue weighted by molar-refractivity contribution is -0.0860. The van der Waals surface area contributed by atoms with Gasteiger partial charge in [0, 0.05) is 12.5 Å². The summed E-state index contributed by atoms with van der Waals surface area (Å²) in [7, 11) is 0. The highest BCUT2D eigenvalue weighted by atomic mass is 35.5. The number of unbranched alkanes of at least 4 members (excludes halogenated alkanes) is 2. The van der Waals surface area contributed by atoms with Crippen LogP contribution in [0.2, 0.25) is 15.1 Å². The van der Waals surface area contributed by atoms with Crippen LogP contribution in [0.25, 0.3) is 0 Å². The fourth-order valence-corrected chi connectivity index (χ4v) is 2.22. The van der Waals surface area contributed by atoms with Gasteiger partial charge in [-0.05, 0) is 18.9 Å². The predicted octanol–water partition coefficient (Wildman–Crippen LogP) is 6.36. The van der Waals surface area contributed by atoms with Crippen LogP contribution in [0.4, 0.5) is 0 Å². The summed E-state index contributed by atoms with van der Waals surface area (Å²) in [6, 6.07) is 3.22. The first-order valence-corrected chi connectivity index (χ1v) is 8.14. The third kappa shape index (κ3) is 6.09. The Bertz CT molecular complexity index is 410. The Morgan fingerprint density at radius 3 is 2.25 bits per heavy atom. The maximum Gasteiger partial charge on any atom is 0.199 e. The van der Waals surface area contributed by atoms with Crippen LogP contribution in [0, 0.1) is 0 Å². The van der Waals surface area contributed by atoms with Gasteiger partial charge in [-0.1, -0.05) is 61.5 Å². The van der Waals surface area contributed by atoms with Gasteiger partial charge in [-0.2, -0.15) is 0 Å². The summed E-state index contributed by atoms with van der Waals surface area (Å²) in [6.07, 6.45) is 4.77. The van der Waals surface area contributed by atoms with E-state index in [1.54, 1.807) is 12.1 Å². The Labute approximate surface area is 136 Å². The molecule has 0 bridgehead atoms. The summed E-state index contributed by atoms with van der Waals surface area (Å²) in [5, 5.41) is 1.29. The highest BCUT2D eigenvalue weighted by Gasteiger charge is 2.14. The minimum atomic E-state index is -0.295. The Hall–Kier alpha value is -0.150. The van der Waals surface area contributed by atoms with Crippen molar-refractivity contribution in [3.63, 3.8) is 0 Å². The zero-order valence-corrected chi connectivity index (χ0v) is 14.2. The van der Waals surface area contributed by atoms with Gasteiger partial charge in [-0.3, -0.25) is 0 Å². The first-order valence-electron chi connectivity index (χ1n) is 7.01. The van der Waals surface area contributed by atoms with E-state index in [1.807, 2.05) is 0 Å². The van der Waals surface area contributed by atoms with Gasteiger partial charge in [0.25, 0.3) is 0 Å². The topological polar surface area (TPSA) is 18.5 Å². The van der Waals surface area contributed by atoms with Gasteiger partial charge in [-0.15, -0.1) is 0 Å². The number of hydrogen-bond acceptors (Lipinski definition) is 2. The normalized spacial score (nSPS) is 12.4. The molecule has 0 saturated carbocycles. The number of hydrogen-bond donors (Lipinski definition) is 0. The molecule has 0 aliphatic heterocycles. The minimum Gasteiger partial charge on any atom is -0.463 e. The second kappa shape index (κ2) is 9.73. The van der Waals surface area contributed by atoms with Crippen molar-refractivity contribution in [2.45, 2.75) is 52.2 Å². The molecule has 1 rings (SSSR count). The third-order valence-electron chi connectivity index (χ3n) is 2.83. The molecule has 0 amide bonds. The maximum absolute atomic E-state index is 6.12. The molecular formula is C15H21Cl3O2. The van der Waals surface area contributed by atoms with E-state index < -0.39 is 0 Å². The number of halogens is 3. The largest absolute Gasteiger partial charge is 0.463 e. The van der Waals surface area contributed by atoms with Gasteiger partial charge >= 0.3 is 0 Å². The Kier molecular flexibility index (Phi) is 8.70. The summed E-state index contributed by atoms with van der Waals surface area (Å²) >= 11 is 18.0. The second-order valence-corrected chi connectivity index (χ2v) is 5.83. The van der Waals surface area contributed by atoms with E-state index in [2.05, 4.69) is 13.8 Å². The standard InChI is InChI=1S/C15H21Cl3O2/c1-3-5-7-15(19-8-6-4-2)20-14-10-12(17)11(16)9-13(14)18/h9-10,15H,3-8H2,1-2H3. The van der Waals surface area contributed by atoms with E-state index in [0.29, 0.717) is 27.4 Å². The molecule has 0 aliphatic rings. The van der Waals surface area contributed by atoms with Crippen LogP contribution in [-0.4, -0.2) is 12.9 Å². The van der Waals surface area contributed by atoms with Crippen molar-refractivity contribution in [2.75, 3.05) is 6.61 Å². The van der Waals surface area contributed by atoms with E-state index in [0.717, 1.165) is 32.1 Å². The first kappa shape index (κ1) is 17.9. The predicted molar refractivity (Wildman–Crippen MR) is 86.3 cm³/mol. The van der Waals surface area contributed by atoms with Crippen molar-refractivity contribution in [2.24, 2.45) is 0 Å². The molecule has 114 valence electrons. The van der Waals surface area contributed by atoms with E-state index in [-0.39, 0.29) is 6.29 Å². The molecule has 1 atom stereocenters. The molecular weight excluding hydrogens is 319 g/mol. The lowest BCUT2D eigenvalue weighted by Gasteiger charge is -2.20. The lowest BCUT2D eigenvalue weighted by Crippen LogP contribution is -2.21. The maximum atomic E-state index is 6.12. The summed E-state index contributed by atoms with van der Waals surface area (Å²) in [6.45, 7) is 4.94. The number of ether oxygens (including phenoxy) is 2. The summed E-state index contributed by atoms with van der Waals surface area (Å²) in [4.78, 5) is 0. The van der Waals surface area contributed by atoms with Crippen molar-refractivity contribution >= 4 is 34.8 Å². The molecule has 1 aromatic carbocycles. The molecule has 0 fully saturated rings. The van der Waals surface area contributed by atoms with Gasteiger partial charge in [-0.25, -0.2) is 0 Å². The number of benzene rings is 1. The van der Waals surface area contributed by atoms with Gasteiger partial charge in [0.2, 0.25) is 0 Å². The molecule has 0 heterocycles. The van der Waals surface area contributed by atoms with Crippen LogP contribution >= 0.6 is 34.8 Å². The molecule has 2 nitrogen and oxygen atoms in total. The van der Waals surface area contributed by atoms with E-state index in [1.165, 1.54) is 0 Å². The van der Waals surface area contributed by atoms with Crippen molar-refractivity contribution in [1.29, 1.82) is 0 Å². The quantitative estimate of drug-likeness (QED) is 0.296. The van der Waals surface area contributed by atoms with Gasteiger partial charge in [0.05, 0.1) is 21.7 Å².